The minimum Gasteiger partial charge on any atom is -0.271 e. The maximum Gasteiger partial charge on any atom is 0.262 e. The van der Waals surface area contributed by atoms with Crippen LogP contribution in [0.4, 0.5) is 0 Å². The highest BCUT2D eigenvalue weighted by Crippen LogP contribution is 2.58. The molecule has 0 bridgehead atoms. The fourth-order valence-electron chi connectivity index (χ4n) is 24.6. The summed E-state index contributed by atoms with van der Waals surface area (Å²) in [5.41, 5.74) is 0.311. The molecule has 0 saturated heterocycles. The number of aromatic nitrogens is 2. The lowest BCUT2D eigenvalue weighted by molar-refractivity contribution is 0.0501. The topological polar surface area (TPSA) is 153 Å². The molecule has 12 heteroatoms. The number of hydrogen-bond donors (Lipinski definition) is 0. The Morgan fingerprint density at radius 1 is 0.169 bits per heavy atom. The number of carbonyl (C=O) groups is 4. The first-order valence-corrected chi connectivity index (χ1v) is 54.8. The van der Waals surface area contributed by atoms with Gasteiger partial charge in [0.15, 0.2) is 0 Å². The van der Waals surface area contributed by atoms with Gasteiger partial charge in [0.1, 0.15) is 0 Å². The Hall–Kier alpha value is -7.86. The van der Waals surface area contributed by atoms with Crippen molar-refractivity contribution in [1.29, 1.82) is 0 Å². The quantitative estimate of drug-likeness (QED) is 0.0158. The van der Waals surface area contributed by atoms with Crippen LogP contribution in [0.5, 0.6) is 0 Å². The molecule has 4 amide bonds. The van der Waals surface area contributed by atoms with Gasteiger partial charge in [0, 0.05) is 57.2 Å². The van der Waals surface area contributed by atoms with E-state index < -0.39 is 0 Å². The van der Waals surface area contributed by atoms with Gasteiger partial charge in [-0.25, -0.2) is 0 Å². The Morgan fingerprint density at radius 3 is 0.569 bits per heavy atom. The van der Waals surface area contributed by atoms with Gasteiger partial charge in [0.2, 0.25) is 0 Å². The fraction of sp³-hybridized carbons (Fsp3) is 0.644. The van der Waals surface area contributed by atoms with Crippen LogP contribution in [0.15, 0.2) is 67.7 Å². The van der Waals surface area contributed by atoms with Crippen LogP contribution in [0.1, 0.15) is 520 Å². The number of hydrogen-bond acceptors (Lipinski definition) is 8. The lowest BCUT2D eigenvalue weighted by atomic mass is 9.75. The summed E-state index contributed by atoms with van der Waals surface area (Å²) in [5, 5.41) is 13.8. The Labute approximate surface area is 778 Å². The van der Waals surface area contributed by atoms with Crippen LogP contribution in [0.2, 0.25) is 0 Å². The molecule has 0 radical (unpaired) electrons. The largest absolute Gasteiger partial charge is 0.271 e. The summed E-state index contributed by atoms with van der Waals surface area (Å²) in [4.78, 5) is 138. The Balaban J connectivity index is 1.05. The number of rotatable bonds is 68. The molecule has 0 unspecified atom stereocenters. The summed E-state index contributed by atoms with van der Waals surface area (Å²) < 4.78 is 3.32. The molecule has 0 spiro atoms. The zero-order valence-corrected chi connectivity index (χ0v) is 82.2. The van der Waals surface area contributed by atoms with E-state index in [9.17, 15) is 0 Å². The van der Waals surface area contributed by atoms with Gasteiger partial charge in [-0.15, -0.1) is 0 Å². The summed E-state index contributed by atoms with van der Waals surface area (Å²) in [5.74, 6) is -1.31. The third kappa shape index (κ3) is 20.8. The minimum atomic E-state index is -0.383. The highest BCUT2D eigenvalue weighted by atomic mass is 16.2. The zero-order valence-electron chi connectivity index (χ0n) is 82.2. The normalized spacial score (nSPS) is 13.6. The van der Waals surface area contributed by atoms with Gasteiger partial charge in [-0.05, 0) is 174 Å². The minimum absolute atomic E-state index is 0.299. The number of carbonyl (C=O) groups excluding carboxylic acids is 4. The SMILES string of the molecule is CCCCCCCCCC(CCCCCCCCC)N1C(=O)c2ccc3c4cc5c6c(=O)n(C(CCCCCCCCC)CCCCCCCCC)c(=O)c6c6cc7c8c(ccc9c%10cc%11c%12c(=O)n(C(CCCCCCCCC)CCCCCCCCC)c(=O)c%12c%12cc(c2c3c%12c%11c4c%10c5c6c89)C1=O)C(=O)N(C(CCCCCCCCC)CCCCCCCCC)C7=O. The van der Waals surface area contributed by atoms with Gasteiger partial charge in [-0.2, -0.15) is 0 Å². The molecule has 12 aromatic rings. The van der Waals surface area contributed by atoms with E-state index in [-0.39, 0.29) is 70.0 Å². The zero-order chi connectivity index (χ0) is 91.2. The van der Waals surface area contributed by atoms with E-state index in [1.807, 2.05) is 24.3 Å². The van der Waals surface area contributed by atoms with Crippen LogP contribution in [0.25, 0.3) is 118 Å². The molecule has 0 fully saturated rings. The molecule has 2 aromatic heterocycles. The van der Waals surface area contributed by atoms with Crippen molar-refractivity contribution < 1.29 is 19.2 Å². The molecule has 0 saturated carbocycles. The van der Waals surface area contributed by atoms with Crippen LogP contribution >= 0.6 is 0 Å². The lowest BCUT2D eigenvalue weighted by Gasteiger charge is -2.35. The Kier molecular flexibility index (Phi) is 36.5. The van der Waals surface area contributed by atoms with Crippen LogP contribution < -0.4 is 22.2 Å². The number of fused-ring (bicyclic) bond motifs is 8. The monoisotopic (exact) mass is 1770 g/mol. The van der Waals surface area contributed by atoms with Crippen molar-refractivity contribution in [2.45, 2.75) is 490 Å². The summed E-state index contributed by atoms with van der Waals surface area (Å²) in [7, 11) is 0. The number of nitrogens with zero attached hydrogens (tertiary/aromatic N) is 4. The molecule has 704 valence electrons. The molecule has 0 aliphatic carbocycles. The second-order valence-electron chi connectivity index (χ2n) is 41.3. The van der Waals surface area contributed by atoms with Crippen LogP contribution in [-0.4, -0.2) is 54.6 Å². The van der Waals surface area contributed by atoms with Gasteiger partial charge in [-0.3, -0.25) is 57.3 Å². The third-order valence-electron chi connectivity index (χ3n) is 31.7. The highest BCUT2D eigenvalue weighted by molar-refractivity contribution is 6.55. The van der Waals surface area contributed by atoms with Gasteiger partial charge < -0.3 is 0 Å². The molecule has 12 nitrogen and oxygen atoms in total. The number of imide groups is 2. The van der Waals surface area contributed by atoms with Crippen molar-refractivity contribution >= 4 is 142 Å². The maximum absolute atomic E-state index is 17.1. The van der Waals surface area contributed by atoms with Crippen LogP contribution in [0.3, 0.4) is 0 Å². The summed E-state index contributed by atoms with van der Waals surface area (Å²) in [6.07, 6.45) is 67.4. The molecule has 10 aromatic carbocycles. The molecule has 14 rings (SSSR count). The van der Waals surface area contributed by atoms with Gasteiger partial charge >= 0.3 is 0 Å². The van der Waals surface area contributed by atoms with Gasteiger partial charge in [0.05, 0.1) is 21.5 Å². The second kappa shape index (κ2) is 48.4. The van der Waals surface area contributed by atoms with Crippen molar-refractivity contribution in [3.63, 3.8) is 0 Å². The predicted octanol–water partition coefficient (Wildman–Crippen LogP) is 34.2. The molecule has 0 N–H and O–H groups in total. The number of benzene rings is 10. The van der Waals surface area contributed by atoms with E-state index in [1.54, 1.807) is 18.9 Å². The average Bonchev–Trinajstić information content (AvgIpc) is 1.15. The van der Waals surface area contributed by atoms with E-state index in [4.69, 9.17) is 0 Å². The number of amides is 4. The molecule has 2 aliphatic heterocycles. The Morgan fingerprint density at radius 2 is 0.346 bits per heavy atom. The summed E-state index contributed by atoms with van der Waals surface area (Å²) in [6, 6.07) is 14.8. The van der Waals surface area contributed by atoms with Crippen molar-refractivity contribution in [3.8, 4) is 0 Å². The first-order chi connectivity index (χ1) is 63.8. The molecule has 4 heterocycles. The molecular formula is C118H164N4O8. The highest BCUT2D eigenvalue weighted by Gasteiger charge is 2.44. The third-order valence-corrected chi connectivity index (χ3v) is 31.7. The molecule has 130 heavy (non-hydrogen) atoms. The number of unbranched alkanes of at least 4 members (excludes halogenated alkanes) is 48. The lowest BCUT2D eigenvalue weighted by Crippen LogP contribution is -2.47. The predicted molar refractivity (Wildman–Crippen MR) is 555 cm³/mol. The van der Waals surface area contributed by atoms with E-state index in [0.29, 0.717) is 138 Å². The first-order valence-electron chi connectivity index (χ1n) is 54.8. The van der Waals surface area contributed by atoms with Crippen LogP contribution in [-0.2, 0) is 0 Å². The Bertz CT molecular complexity index is 5500. The molecule has 2 aliphatic rings. The van der Waals surface area contributed by atoms with E-state index in [1.165, 1.54) is 180 Å². The van der Waals surface area contributed by atoms with Crippen LogP contribution in [0, 0.1) is 0 Å². The summed E-state index contributed by atoms with van der Waals surface area (Å²) in [6.45, 7) is 18.0. The molecular weight excluding hydrogens is 1600 g/mol. The van der Waals surface area contributed by atoms with Crippen molar-refractivity contribution in [2.75, 3.05) is 0 Å². The van der Waals surface area contributed by atoms with Crippen molar-refractivity contribution in [3.05, 3.63) is 112 Å². The fourth-order valence-corrected chi connectivity index (χ4v) is 24.6. The maximum atomic E-state index is 17.1. The molecule has 0 atom stereocenters. The summed E-state index contributed by atoms with van der Waals surface area (Å²) >= 11 is 0. The van der Waals surface area contributed by atoms with Crippen molar-refractivity contribution in [2.24, 2.45) is 0 Å². The van der Waals surface area contributed by atoms with E-state index in [0.717, 1.165) is 234 Å². The van der Waals surface area contributed by atoms with E-state index >= 15 is 38.4 Å². The van der Waals surface area contributed by atoms with Gasteiger partial charge in [0.25, 0.3) is 45.9 Å². The average molecular weight is 1770 g/mol. The second-order valence-corrected chi connectivity index (χ2v) is 41.3. The van der Waals surface area contributed by atoms with Crippen molar-refractivity contribution in [1.82, 2.24) is 18.9 Å². The smallest absolute Gasteiger partial charge is 0.262 e. The first kappa shape index (κ1) is 98.1. The van der Waals surface area contributed by atoms with E-state index in [2.05, 4.69) is 79.7 Å². The van der Waals surface area contributed by atoms with Gasteiger partial charge in [-0.1, -0.05) is 427 Å². The standard InChI is InChI=1S/C118H164N4O8/c1-9-17-25-33-41-49-57-65-81(66-58-50-42-34-26-18-10-2)119-111(123)87-75-73-85-89-77-92-106-102-90(78-91-105(101(89)102)103-93(79-95(113(119)125)97(87)99(85)103)109-107(91)115(127)121(117(109)129)83(69-61-53-45-37-29-21-13-5)70-62-54-46-38-30-22-14-6)86-74-76-88-98-96(114(126)120(112(88)124)82(67-59-51-43-35-27-19-11-3)68-60-52-44-36-28-20-12-4)80-94(104(106)100(86)98)110-108(92)116(128)122(118(110)130)84(71-63-55-47-39-31-23-15-7)72-64-56-48-40-32-24-16-8/h73-84H,9-72H2,1-8H3.